The van der Waals surface area contributed by atoms with E-state index in [2.05, 4.69) is 43.5 Å². The van der Waals surface area contributed by atoms with Gasteiger partial charge in [0.1, 0.15) is 0 Å². The van der Waals surface area contributed by atoms with Gasteiger partial charge in [-0.1, -0.05) is 294 Å². The number of unbranched alkanes of at least 4 members (excludes halogenated alkanes) is 46. The third-order valence-electron chi connectivity index (χ3n) is 15.1. The monoisotopic (exact) mass is 1030 g/mol. The van der Waals surface area contributed by atoms with Crippen molar-refractivity contribution in [1.29, 1.82) is 0 Å². The molecule has 0 bridgehead atoms. The second-order valence-electron chi connectivity index (χ2n) is 22.4. The first-order chi connectivity index (χ1) is 36.0. The van der Waals surface area contributed by atoms with Crippen LogP contribution in [0.2, 0.25) is 0 Å². The summed E-state index contributed by atoms with van der Waals surface area (Å²) in [4.78, 5) is 24.4. The number of rotatable bonds is 61. The maximum atomic E-state index is 12.4. The second-order valence-corrected chi connectivity index (χ2v) is 22.4. The van der Waals surface area contributed by atoms with Gasteiger partial charge in [-0.25, -0.2) is 0 Å². The highest BCUT2D eigenvalue weighted by atomic mass is 16.5. The molecule has 0 aromatic carbocycles. The van der Waals surface area contributed by atoms with Crippen molar-refractivity contribution in [1.82, 2.24) is 5.32 Å². The maximum Gasteiger partial charge on any atom is 0.305 e. The molecule has 0 aromatic rings. The molecule has 0 aliphatic rings. The van der Waals surface area contributed by atoms with Gasteiger partial charge in [-0.15, -0.1) is 0 Å². The number of esters is 1. The SMILES string of the molecule is CCCCC/C=C\CCCCCCCC(=O)OCCCCCCCCCCCCCC/C=C\CCCCCCCCCCCCCCCCCCCC(=O)NC(CO)C(O)/C=C/CCCCCCCCCCC. The lowest BCUT2D eigenvalue weighted by Crippen LogP contribution is -2.45. The Morgan fingerprint density at radius 1 is 0.370 bits per heavy atom. The Hall–Kier alpha value is -1.92. The van der Waals surface area contributed by atoms with Crippen LogP contribution in [0, 0.1) is 0 Å². The highest BCUT2D eigenvalue weighted by Crippen LogP contribution is 2.17. The van der Waals surface area contributed by atoms with Crippen molar-refractivity contribution in [3.63, 3.8) is 0 Å². The van der Waals surface area contributed by atoms with Crippen molar-refractivity contribution in [2.24, 2.45) is 0 Å². The summed E-state index contributed by atoms with van der Waals surface area (Å²) in [5, 5.41) is 23.0. The van der Waals surface area contributed by atoms with Crippen molar-refractivity contribution < 1.29 is 24.5 Å². The molecule has 3 N–H and O–H groups in total. The van der Waals surface area contributed by atoms with E-state index < -0.39 is 12.1 Å². The molecule has 6 heteroatoms. The van der Waals surface area contributed by atoms with E-state index >= 15 is 0 Å². The molecule has 0 heterocycles. The van der Waals surface area contributed by atoms with E-state index in [1.807, 2.05) is 6.08 Å². The summed E-state index contributed by atoms with van der Waals surface area (Å²) in [6.45, 7) is 4.88. The molecule has 73 heavy (non-hydrogen) atoms. The maximum absolute atomic E-state index is 12.4. The molecule has 430 valence electrons. The van der Waals surface area contributed by atoms with Crippen LogP contribution in [-0.2, 0) is 14.3 Å². The molecule has 6 nitrogen and oxygen atoms in total. The first-order valence-electron chi connectivity index (χ1n) is 32.8. The van der Waals surface area contributed by atoms with E-state index in [4.69, 9.17) is 4.74 Å². The Labute approximate surface area is 455 Å². The van der Waals surface area contributed by atoms with Crippen molar-refractivity contribution >= 4 is 11.9 Å². The van der Waals surface area contributed by atoms with Crippen molar-refractivity contribution in [3.05, 3.63) is 36.5 Å². The van der Waals surface area contributed by atoms with Gasteiger partial charge in [-0.05, 0) is 83.5 Å². The molecule has 0 rings (SSSR count). The molecule has 0 spiro atoms. The molecular formula is C67H127NO5. The number of amides is 1. The lowest BCUT2D eigenvalue weighted by atomic mass is 10.0. The zero-order valence-electron chi connectivity index (χ0n) is 49.1. The minimum absolute atomic E-state index is 0.00822. The highest BCUT2D eigenvalue weighted by Gasteiger charge is 2.18. The topological polar surface area (TPSA) is 95.9 Å². The lowest BCUT2D eigenvalue weighted by Gasteiger charge is -2.20. The average molecular weight is 1030 g/mol. The number of aliphatic hydroxyl groups is 2. The van der Waals surface area contributed by atoms with Crippen LogP contribution in [0.5, 0.6) is 0 Å². The van der Waals surface area contributed by atoms with Crippen LogP contribution in [0.15, 0.2) is 36.5 Å². The minimum Gasteiger partial charge on any atom is -0.466 e. The number of carbonyl (C=O) groups excluding carboxylic acids is 2. The van der Waals surface area contributed by atoms with Gasteiger partial charge >= 0.3 is 5.97 Å². The van der Waals surface area contributed by atoms with Crippen LogP contribution in [0.25, 0.3) is 0 Å². The molecule has 0 fully saturated rings. The normalized spacial score (nSPS) is 12.8. The van der Waals surface area contributed by atoms with Gasteiger partial charge in [-0.2, -0.15) is 0 Å². The van der Waals surface area contributed by atoms with Crippen molar-refractivity contribution in [2.45, 2.75) is 366 Å². The summed E-state index contributed by atoms with van der Waals surface area (Å²) in [7, 11) is 0. The number of nitrogens with one attached hydrogen (secondary N) is 1. The summed E-state index contributed by atoms with van der Waals surface area (Å²) < 4.78 is 5.47. The fourth-order valence-electron chi connectivity index (χ4n) is 10.1. The molecule has 0 aromatic heterocycles. The van der Waals surface area contributed by atoms with E-state index in [1.165, 1.54) is 283 Å². The fourth-order valence-corrected chi connectivity index (χ4v) is 10.1. The van der Waals surface area contributed by atoms with Gasteiger partial charge in [0.05, 0.1) is 25.4 Å². The molecule has 2 unspecified atom stereocenters. The Bertz CT molecular complexity index is 1180. The van der Waals surface area contributed by atoms with E-state index in [-0.39, 0.29) is 18.5 Å². The number of hydrogen-bond donors (Lipinski definition) is 3. The van der Waals surface area contributed by atoms with Gasteiger partial charge in [0, 0.05) is 12.8 Å². The Balaban J connectivity index is 3.35. The summed E-state index contributed by atoms with van der Waals surface area (Å²) in [6.07, 6.45) is 79.4. The van der Waals surface area contributed by atoms with Gasteiger partial charge in [0.25, 0.3) is 0 Å². The lowest BCUT2D eigenvalue weighted by molar-refractivity contribution is -0.143. The highest BCUT2D eigenvalue weighted by molar-refractivity contribution is 5.76. The van der Waals surface area contributed by atoms with E-state index in [1.54, 1.807) is 6.08 Å². The number of allylic oxidation sites excluding steroid dienone is 5. The molecule has 2 atom stereocenters. The average Bonchev–Trinajstić information content (AvgIpc) is 3.39. The molecule has 0 saturated heterocycles. The summed E-state index contributed by atoms with van der Waals surface area (Å²) in [5.41, 5.74) is 0. The molecule has 0 aliphatic heterocycles. The summed E-state index contributed by atoms with van der Waals surface area (Å²) >= 11 is 0. The third kappa shape index (κ3) is 59.2. The number of ether oxygens (including phenoxy) is 1. The van der Waals surface area contributed by atoms with Crippen LogP contribution in [0.3, 0.4) is 0 Å². The van der Waals surface area contributed by atoms with Crippen LogP contribution >= 0.6 is 0 Å². The number of hydrogen-bond acceptors (Lipinski definition) is 5. The smallest absolute Gasteiger partial charge is 0.305 e. The molecule has 0 radical (unpaired) electrons. The Kier molecular flexibility index (Phi) is 61.0. The summed E-state index contributed by atoms with van der Waals surface area (Å²) in [6, 6.07) is -0.624. The van der Waals surface area contributed by atoms with Crippen molar-refractivity contribution in [2.75, 3.05) is 13.2 Å². The Morgan fingerprint density at radius 3 is 1.00 bits per heavy atom. The van der Waals surface area contributed by atoms with Crippen LogP contribution in [0.1, 0.15) is 354 Å². The van der Waals surface area contributed by atoms with E-state index in [9.17, 15) is 19.8 Å². The van der Waals surface area contributed by atoms with Gasteiger partial charge in [-0.3, -0.25) is 9.59 Å². The van der Waals surface area contributed by atoms with E-state index in [0.717, 1.165) is 44.9 Å². The second kappa shape index (κ2) is 62.6. The third-order valence-corrected chi connectivity index (χ3v) is 15.1. The van der Waals surface area contributed by atoms with Gasteiger partial charge in [0.2, 0.25) is 5.91 Å². The van der Waals surface area contributed by atoms with E-state index in [0.29, 0.717) is 19.4 Å². The molecule has 1 amide bonds. The largest absolute Gasteiger partial charge is 0.466 e. The summed E-state index contributed by atoms with van der Waals surface area (Å²) in [5.74, 6) is -0.0570. The fraction of sp³-hybridized carbons (Fsp3) is 0.881. The zero-order valence-corrected chi connectivity index (χ0v) is 49.1. The predicted octanol–water partition coefficient (Wildman–Crippen LogP) is 20.8. The van der Waals surface area contributed by atoms with Crippen LogP contribution < -0.4 is 5.32 Å². The van der Waals surface area contributed by atoms with Crippen LogP contribution in [0.4, 0.5) is 0 Å². The van der Waals surface area contributed by atoms with Gasteiger partial charge < -0.3 is 20.3 Å². The number of aliphatic hydroxyl groups excluding tert-OH is 2. The van der Waals surface area contributed by atoms with Gasteiger partial charge in [0.15, 0.2) is 0 Å². The zero-order chi connectivity index (χ0) is 52.9. The molecule has 0 aliphatic carbocycles. The predicted molar refractivity (Wildman–Crippen MR) is 319 cm³/mol. The number of carbonyl (C=O) groups is 2. The van der Waals surface area contributed by atoms with Crippen LogP contribution in [-0.4, -0.2) is 47.4 Å². The quantitative estimate of drug-likeness (QED) is 0.0320. The first kappa shape index (κ1) is 71.1. The van der Waals surface area contributed by atoms with Crippen molar-refractivity contribution in [3.8, 4) is 0 Å². The Morgan fingerprint density at radius 2 is 0.644 bits per heavy atom. The molecule has 0 saturated carbocycles. The minimum atomic E-state index is -0.840. The standard InChI is InChI=1S/C67H127NO5/c1-3-5-7-9-11-13-15-41-45-49-53-57-61-67(72)73-62-58-54-50-46-42-38-36-34-32-30-28-26-24-22-20-18-16-17-19-21-23-25-27-29-31-33-35-37-40-44-48-52-56-60-66(71)68-64(63-69)65(70)59-55-51-47-43-39-14-12-10-8-6-4-2/h11,13,20,22,55,59,64-65,69-70H,3-10,12,14-19,21,23-54,56-58,60-63H2,1-2H3,(H,68,71)/b13-11-,22-20-,59-55+. The first-order valence-corrected chi connectivity index (χ1v) is 32.8. The molecular weight excluding hydrogens is 899 g/mol.